The van der Waals surface area contributed by atoms with Gasteiger partial charge in [-0.25, -0.2) is 14.4 Å². The third-order valence-electron chi connectivity index (χ3n) is 1.97. The highest BCUT2D eigenvalue weighted by Gasteiger charge is 2.00. The molecule has 0 aliphatic rings. The second kappa shape index (κ2) is 4.04. The van der Waals surface area contributed by atoms with Crippen LogP contribution in [0.15, 0.2) is 24.7 Å². The molecule has 0 saturated carbocycles. The van der Waals surface area contributed by atoms with Gasteiger partial charge in [0.2, 0.25) is 5.95 Å². The van der Waals surface area contributed by atoms with Crippen LogP contribution in [0.5, 0.6) is 0 Å². The molecule has 78 valence electrons. The van der Waals surface area contributed by atoms with E-state index >= 15 is 0 Å². The molecule has 0 aromatic carbocycles. The number of anilines is 1. The van der Waals surface area contributed by atoms with Crippen molar-refractivity contribution in [1.29, 1.82) is 0 Å². The lowest BCUT2D eigenvalue weighted by molar-refractivity contribution is 0.614. The van der Waals surface area contributed by atoms with Crippen molar-refractivity contribution in [1.82, 2.24) is 19.7 Å². The molecule has 5 nitrogen and oxygen atoms in total. The summed E-state index contributed by atoms with van der Waals surface area (Å²) in [7, 11) is 1.85. The highest BCUT2D eigenvalue weighted by atomic mass is 19.1. The molecule has 2 aromatic heterocycles. The maximum Gasteiger partial charge on any atom is 0.223 e. The first-order valence-electron chi connectivity index (χ1n) is 4.44. The number of halogens is 1. The first-order chi connectivity index (χ1) is 7.25. The number of aryl methyl sites for hydroxylation is 1. The summed E-state index contributed by atoms with van der Waals surface area (Å²) in [4.78, 5) is 7.56. The van der Waals surface area contributed by atoms with E-state index in [9.17, 15) is 4.39 Å². The lowest BCUT2D eigenvalue weighted by Gasteiger charge is -2.04. The van der Waals surface area contributed by atoms with Crippen molar-refractivity contribution in [3.63, 3.8) is 0 Å². The highest BCUT2D eigenvalue weighted by Crippen LogP contribution is 2.02. The van der Waals surface area contributed by atoms with Crippen molar-refractivity contribution in [2.75, 3.05) is 5.32 Å². The molecular weight excluding hydrogens is 197 g/mol. The van der Waals surface area contributed by atoms with Gasteiger partial charge < -0.3 is 5.32 Å². The third kappa shape index (κ3) is 2.28. The van der Waals surface area contributed by atoms with E-state index in [4.69, 9.17) is 0 Å². The zero-order valence-corrected chi connectivity index (χ0v) is 8.18. The van der Waals surface area contributed by atoms with E-state index < -0.39 is 5.82 Å². The van der Waals surface area contributed by atoms with Crippen molar-refractivity contribution in [2.24, 2.45) is 7.05 Å². The summed E-state index contributed by atoms with van der Waals surface area (Å²) in [6, 6.07) is 1.89. The standard InChI is InChI=1S/C9H10FN5/c1-15-8(2-3-14-15)6-13-9-11-4-7(10)5-12-9/h2-5H,6H2,1H3,(H,11,12,13). The Kier molecular flexibility index (Phi) is 2.57. The maximum atomic E-state index is 12.5. The number of hydrogen-bond donors (Lipinski definition) is 1. The molecule has 0 saturated heterocycles. The van der Waals surface area contributed by atoms with Crippen LogP contribution < -0.4 is 5.32 Å². The van der Waals surface area contributed by atoms with Crippen LogP contribution in [0.2, 0.25) is 0 Å². The highest BCUT2D eigenvalue weighted by molar-refractivity contribution is 5.23. The van der Waals surface area contributed by atoms with Crippen LogP contribution in [0.3, 0.4) is 0 Å². The van der Waals surface area contributed by atoms with Crippen LogP contribution in [0, 0.1) is 5.82 Å². The minimum Gasteiger partial charge on any atom is -0.349 e. The first-order valence-corrected chi connectivity index (χ1v) is 4.44. The lowest BCUT2D eigenvalue weighted by Crippen LogP contribution is -2.07. The predicted molar refractivity (Wildman–Crippen MR) is 52.5 cm³/mol. The fraction of sp³-hybridized carbons (Fsp3) is 0.222. The van der Waals surface area contributed by atoms with E-state index in [1.807, 2.05) is 13.1 Å². The number of aromatic nitrogens is 4. The van der Waals surface area contributed by atoms with E-state index in [2.05, 4.69) is 20.4 Å². The monoisotopic (exact) mass is 207 g/mol. The summed E-state index contributed by atoms with van der Waals surface area (Å²) in [6.45, 7) is 0.558. The summed E-state index contributed by atoms with van der Waals surface area (Å²) >= 11 is 0. The van der Waals surface area contributed by atoms with Crippen LogP contribution in [-0.2, 0) is 13.6 Å². The Bertz CT molecular complexity index is 436. The SMILES string of the molecule is Cn1nccc1CNc1ncc(F)cn1. The van der Waals surface area contributed by atoms with Crippen molar-refractivity contribution in [3.05, 3.63) is 36.2 Å². The number of nitrogens with one attached hydrogen (secondary N) is 1. The largest absolute Gasteiger partial charge is 0.349 e. The molecule has 0 atom stereocenters. The van der Waals surface area contributed by atoms with Gasteiger partial charge in [0.15, 0.2) is 5.82 Å². The fourth-order valence-corrected chi connectivity index (χ4v) is 1.15. The van der Waals surface area contributed by atoms with Crippen molar-refractivity contribution < 1.29 is 4.39 Å². The normalized spacial score (nSPS) is 10.3. The Morgan fingerprint density at radius 3 is 2.73 bits per heavy atom. The molecule has 0 aliphatic heterocycles. The fourth-order valence-electron chi connectivity index (χ4n) is 1.15. The average molecular weight is 207 g/mol. The van der Waals surface area contributed by atoms with Crippen molar-refractivity contribution in [2.45, 2.75) is 6.54 Å². The molecule has 0 aliphatic carbocycles. The van der Waals surface area contributed by atoms with Gasteiger partial charge in [0.25, 0.3) is 0 Å². The number of nitrogens with zero attached hydrogens (tertiary/aromatic N) is 4. The summed E-state index contributed by atoms with van der Waals surface area (Å²) in [5.41, 5.74) is 1.00. The van der Waals surface area contributed by atoms with Crippen LogP contribution >= 0.6 is 0 Å². The number of hydrogen-bond acceptors (Lipinski definition) is 4. The van der Waals surface area contributed by atoms with Crippen LogP contribution in [0.25, 0.3) is 0 Å². The molecule has 0 radical (unpaired) electrons. The predicted octanol–water partition coefficient (Wildman–Crippen LogP) is 0.961. The second-order valence-corrected chi connectivity index (χ2v) is 3.02. The zero-order valence-electron chi connectivity index (χ0n) is 8.18. The Morgan fingerprint density at radius 2 is 2.13 bits per heavy atom. The van der Waals surface area contributed by atoms with E-state index in [0.29, 0.717) is 12.5 Å². The van der Waals surface area contributed by atoms with E-state index in [0.717, 1.165) is 18.1 Å². The Balaban J connectivity index is 1.99. The second-order valence-electron chi connectivity index (χ2n) is 3.02. The summed E-state index contributed by atoms with van der Waals surface area (Å²) in [6.07, 6.45) is 3.96. The molecule has 2 aromatic rings. The molecule has 0 fully saturated rings. The minimum atomic E-state index is -0.443. The van der Waals surface area contributed by atoms with Crippen molar-refractivity contribution in [3.8, 4) is 0 Å². The van der Waals surface area contributed by atoms with Gasteiger partial charge in [-0.05, 0) is 6.07 Å². The topological polar surface area (TPSA) is 55.6 Å². The first kappa shape index (κ1) is 9.57. The molecule has 0 unspecified atom stereocenters. The van der Waals surface area contributed by atoms with Gasteiger partial charge in [0.1, 0.15) is 0 Å². The summed E-state index contributed by atoms with van der Waals surface area (Å²) in [5.74, 6) is -0.0429. The minimum absolute atomic E-state index is 0.401. The van der Waals surface area contributed by atoms with Crippen LogP contribution in [0.4, 0.5) is 10.3 Å². The lowest BCUT2D eigenvalue weighted by atomic mass is 10.4. The van der Waals surface area contributed by atoms with Gasteiger partial charge in [-0.1, -0.05) is 0 Å². The maximum absolute atomic E-state index is 12.5. The average Bonchev–Trinajstić information content (AvgIpc) is 2.63. The van der Waals surface area contributed by atoms with Gasteiger partial charge >= 0.3 is 0 Å². The quantitative estimate of drug-likeness (QED) is 0.814. The molecule has 15 heavy (non-hydrogen) atoms. The molecule has 2 heterocycles. The van der Waals surface area contributed by atoms with Gasteiger partial charge in [-0.2, -0.15) is 5.10 Å². The van der Waals surface area contributed by atoms with Crippen molar-refractivity contribution >= 4 is 5.95 Å². The van der Waals surface area contributed by atoms with E-state index in [1.165, 1.54) is 0 Å². The van der Waals surface area contributed by atoms with Gasteiger partial charge in [-0.15, -0.1) is 0 Å². The summed E-state index contributed by atoms with van der Waals surface area (Å²) in [5, 5.41) is 6.98. The molecule has 2 rings (SSSR count). The molecular formula is C9H10FN5. The third-order valence-corrected chi connectivity index (χ3v) is 1.97. The van der Waals surface area contributed by atoms with Gasteiger partial charge in [0, 0.05) is 13.2 Å². The number of rotatable bonds is 3. The van der Waals surface area contributed by atoms with Gasteiger partial charge in [-0.3, -0.25) is 4.68 Å². The van der Waals surface area contributed by atoms with Crippen LogP contribution in [0.1, 0.15) is 5.69 Å². The molecule has 0 amide bonds. The zero-order chi connectivity index (χ0) is 10.7. The Labute approximate surface area is 86.0 Å². The van der Waals surface area contributed by atoms with E-state index in [-0.39, 0.29) is 0 Å². The summed E-state index contributed by atoms with van der Waals surface area (Å²) < 4.78 is 14.2. The Hall–Kier alpha value is -1.98. The van der Waals surface area contributed by atoms with E-state index in [1.54, 1.807) is 10.9 Å². The molecule has 6 heteroatoms. The molecule has 0 bridgehead atoms. The Morgan fingerprint density at radius 1 is 1.40 bits per heavy atom. The van der Waals surface area contributed by atoms with Gasteiger partial charge in [0.05, 0.1) is 24.6 Å². The smallest absolute Gasteiger partial charge is 0.223 e. The molecule has 1 N–H and O–H groups in total. The molecule has 0 spiro atoms. The van der Waals surface area contributed by atoms with Crippen LogP contribution in [-0.4, -0.2) is 19.7 Å².